The van der Waals surface area contributed by atoms with Gasteiger partial charge < -0.3 is 5.73 Å². The number of nitrogens with two attached hydrogens (primary N) is 1. The number of nitrogens with one attached hydrogen (secondary N) is 1. The van der Waals surface area contributed by atoms with E-state index in [0.717, 1.165) is 5.56 Å². The van der Waals surface area contributed by atoms with Gasteiger partial charge in [0.25, 0.3) is 5.91 Å². The fraction of sp³-hybridized carbons (Fsp3) is 0. The second kappa shape index (κ2) is 6.23. The first-order valence-corrected chi connectivity index (χ1v) is 7.29. The Morgan fingerprint density at radius 2 is 1.62 bits per heavy atom. The molecular weight excluding hydrogens is 300 g/mol. The molecule has 116 valence electrons. The molecule has 2 aromatic carbocycles. The molecule has 0 bridgehead atoms. The van der Waals surface area contributed by atoms with Gasteiger partial charge in [-0.1, -0.05) is 48.5 Å². The molecule has 0 fully saturated rings. The first kappa shape index (κ1) is 15.3. The summed E-state index contributed by atoms with van der Waals surface area (Å²) < 4.78 is 0. The van der Waals surface area contributed by atoms with E-state index in [4.69, 9.17) is 11.1 Å². The zero-order chi connectivity index (χ0) is 17.1. The van der Waals surface area contributed by atoms with Gasteiger partial charge in [0.15, 0.2) is 0 Å². The van der Waals surface area contributed by atoms with E-state index >= 15 is 0 Å². The number of amidine groups is 1. The Kier molecular flexibility index (Phi) is 3.96. The van der Waals surface area contributed by atoms with Crippen LogP contribution < -0.4 is 10.6 Å². The third-order valence-electron chi connectivity index (χ3n) is 3.69. The summed E-state index contributed by atoms with van der Waals surface area (Å²) in [6.07, 6.45) is 1.71. The van der Waals surface area contributed by atoms with Crippen LogP contribution in [0, 0.1) is 16.7 Å². The summed E-state index contributed by atoms with van der Waals surface area (Å²) in [7, 11) is 0. The van der Waals surface area contributed by atoms with E-state index in [1.165, 1.54) is 4.90 Å². The van der Waals surface area contributed by atoms with E-state index in [9.17, 15) is 10.1 Å². The van der Waals surface area contributed by atoms with Crippen molar-refractivity contribution < 1.29 is 4.79 Å². The normalized spacial score (nSPS) is 16.5. The number of rotatable bonds is 2. The zero-order valence-electron chi connectivity index (χ0n) is 12.7. The van der Waals surface area contributed by atoms with Gasteiger partial charge in [-0.25, -0.2) is 0 Å². The Balaban J connectivity index is 2.17. The third kappa shape index (κ3) is 2.57. The minimum Gasteiger partial charge on any atom is -0.397 e. The number of nitrogens with zero attached hydrogens (tertiary/aromatic N) is 2. The van der Waals surface area contributed by atoms with Gasteiger partial charge in [0, 0.05) is 5.57 Å². The molecule has 0 spiro atoms. The maximum atomic E-state index is 12.6. The standard InChI is InChI=1S/C19H14N4O/c20-12-16-17(21)15(11-13-7-3-1-4-8-13)18(22)23(19(16)24)14-9-5-2-6-10-14/h1-11,22H,21H2/b15-11-,22-18?. The molecule has 0 aliphatic carbocycles. The molecule has 0 aromatic heterocycles. The van der Waals surface area contributed by atoms with Crippen molar-refractivity contribution in [2.24, 2.45) is 5.73 Å². The topological polar surface area (TPSA) is 94.0 Å². The number of amides is 1. The molecule has 5 heteroatoms. The lowest BCUT2D eigenvalue weighted by Crippen LogP contribution is -2.44. The van der Waals surface area contributed by atoms with Gasteiger partial charge in [-0.2, -0.15) is 5.26 Å². The van der Waals surface area contributed by atoms with Crippen LogP contribution in [0.1, 0.15) is 5.56 Å². The van der Waals surface area contributed by atoms with Crippen LogP contribution in [-0.4, -0.2) is 11.7 Å². The van der Waals surface area contributed by atoms with Gasteiger partial charge in [0.2, 0.25) is 0 Å². The summed E-state index contributed by atoms with van der Waals surface area (Å²) in [5.74, 6) is -0.636. The molecule has 1 aliphatic heterocycles. The molecular formula is C19H14N4O. The molecule has 0 saturated carbocycles. The Morgan fingerprint density at radius 3 is 2.21 bits per heavy atom. The van der Waals surface area contributed by atoms with Crippen LogP contribution in [0.4, 0.5) is 5.69 Å². The molecule has 1 aliphatic rings. The quantitative estimate of drug-likeness (QED) is 0.892. The van der Waals surface area contributed by atoms with Crippen molar-refractivity contribution in [3.63, 3.8) is 0 Å². The highest BCUT2D eigenvalue weighted by atomic mass is 16.2. The van der Waals surface area contributed by atoms with E-state index in [1.807, 2.05) is 42.5 Å². The second-order valence-electron chi connectivity index (χ2n) is 5.19. The van der Waals surface area contributed by atoms with E-state index in [-0.39, 0.29) is 17.1 Å². The van der Waals surface area contributed by atoms with Crippen LogP contribution in [0.3, 0.4) is 0 Å². The maximum Gasteiger partial charge on any atom is 0.276 e. The molecule has 0 saturated heterocycles. The summed E-state index contributed by atoms with van der Waals surface area (Å²) in [5.41, 5.74) is 7.58. The number of hydrogen-bond acceptors (Lipinski definition) is 4. The van der Waals surface area contributed by atoms with Crippen molar-refractivity contribution in [1.82, 2.24) is 0 Å². The monoisotopic (exact) mass is 314 g/mol. The number of carbonyl (C=O) groups is 1. The first-order valence-electron chi connectivity index (χ1n) is 7.29. The van der Waals surface area contributed by atoms with Crippen molar-refractivity contribution in [3.8, 4) is 6.07 Å². The van der Waals surface area contributed by atoms with Crippen molar-refractivity contribution in [3.05, 3.63) is 83.1 Å². The first-order chi connectivity index (χ1) is 11.6. The van der Waals surface area contributed by atoms with E-state index in [0.29, 0.717) is 11.3 Å². The lowest BCUT2D eigenvalue weighted by Gasteiger charge is -2.29. The molecule has 1 heterocycles. The summed E-state index contributed by atoms with van der Waals surface area (Å²) >= 11 is 0. The molecule has 5 nitrogen and oxygen atoms in total. The minimum atomic E-state index is -0.587. The molecule has 0 radical (unpaired) electrons. The predicted octanol–water partition coefficient (Wildman–Crippen LogP) is 2.83. The molecule has 24 heavy (non-hydrogen) atoms. The summed E-state index contributed by atoms with van der Waals surface area (Å²) in [4.78, 5) is 13.8. The van der Waals surface area contributed by atoms with Crippen LogP contribution in [0.2, 0.25) is 0 Å². The number of benzene rings is 2. The highest BCUT2D eigenvalue weighted by Crippen LogP contribution is 2.28. The van der Waals surface area contributed by atoms with Gasteiger partial charge in [-0.15, -0.1) is 0 Å². The van der Waals surface area contributed by atoms with Crippen molar-refractivity contribution in [2.75, 3.05) is 4.90 Å². The Morgan fingerprint density at radius 1 is 1.04 bits per heavy atom. The largest absolute Gasteiger partial charge is 0.397 e. The van der Waals surface area contributed by atoms with Crippen LogP contribution in [0.25, 0.3) is 6.08 Å². The smallest absolute Gasteiger partial charge is 0.276 e. The fourth-order valence-electron chi connectivity index (χ4n) is 2.50. The van der Waals surface area contributed by atoms with Crippen LogP contribution in [-0.2, 0) is 4.79 Å². The summed E-state index contributed by atoms with van der Waals surface area (Å²) in [6.45, 7) is 0. The third-order valence-corrected chi connectivity index (χ3v) is 3.69. The van der Waals surface area contributed by atoms with Crippen LogP contribution >= 0.6 is 0 Å². The maximum absolute atomic E-state index is 12.6. The Bertz CT molecular complexity index is 905. The van der Waals surface area contributed by atoms with E-state index < -0.39 is 5.91 Å². The molecule has 0 atom stereocenters. The lowest BCUT2D eigenvalue weighted by molar-refractivity contribution is -0.114. The van der Waals surface area contributed by atoms with Crippen molar-refractivity contribution in [1.29, 1.82) is 10.7 Å². The van der Waals surface area contributed by atoms with Gasteiger partial charge >= 0.3 is 0 Å². The van der Waals surface area contributed by atoms with E-state index in [1.54, 1.807) is 30.3 Å². The number of carbonyl (C=O) groups excluding carboxylic acids is 1. The molecule has 0 unspecified atom stereocenters. The minimum absolute atomic E-state index is 0.0311. The Labute approximate surface area is 139 Å². The lowest BCUT2D eigenvalue weighted by atomic mass is 9.97. The van der Waals surface area contributed by atoms with Crippen molar-refractivity contribution >= 4 is 23.5 Å². The summed E-state index contributed by atoms with van der Waals surface area (Å²) in [6, 6.07) is 20.0. The van der Waals surface area contributed by atoms with E-state index in [2.05, 4.69) is 0 Å². The fourth-order valence-corrected chi connectivity index (χ4v) is 2.50. The average Bonchev–Trinajstić information content (AvgIpc) is 2.61. The highest BCUT2D eigenvalue weighted by molar-refractivity contribution is 6.33. The highest BCUT2D eigenvalue weighted by Gasteiger charge is 2.34. The van der Waals surface area contributed by atoms with Gasteiger partial charge in [-0.05, 0) is 23.8 Å². The van der Waals surface area contributed by atoms with Crippen LogP contribution in [0.5, 0.6) is 0 Å². The number of nitriles is 1. The van der Waals surface area contributed by atoms with Crippen LogP contribution in [0.15, 0.2) is 77.5 Å². The number of para-hydroxylation sites is 1. The second-order valence-corrected chi connectivity index (χ2v) is 5.19. The number of hydrogen-bond donors (Lipinski definition) is 2. The predicted molar refractivity (Wildman–Crippen MR) is 92.9 cm³/mol. The van der Waals surface area contributed by atoms with Gasteiger partial charge in [0.1, 0.15) is 17.5 Å². The van der Waals surface area contributed by atoms with Crippen molar-refractivity contribution in [2.45, 2.75) is 0 Å². The average molecular weight is 314 g/mol. The van der Waals surface area contributed by atoms with Gasteiger partial charge in [0.05, 0.1) is 11.4 Å². The Hall–Kier alpha value is -3.65. The zero-order valence-corrected chi connectivity index (χ0v) is 12.7. The summed E-state index contributed by atoms with van der Waals surface area (Å²) in [5, 5.41) is 17.8. The number of anilines is 1. The SMILES string of the molecule is N#CC1=C(N)/C(=C/c2ccccc2)C(=N)N(c2ccccc2)C1=O. The van der Waals surface area contributed by atoms with Gasteiger partial charge in [-0.3, -0.25) is 15.1 Å². The molecule has 1 amide bonds. The molecule has 3 N–H and O–H groups in total. The molecule has 3 rings (SSSR count). The molecule has 2 aromatic rings.